The number of carbonyl (C=O) groups is 1. The number of carbonyl (C=O) groups excluding carboxylic acids is 1. The van der Waals surface area contributed by atoms with Crippen LogP contribution in [0.2, 0.25) is 0 Å². The maximum Gasteiger partial charge on any atom is 0.251 e. The zero-order valence-corrected chi connectivity index (χ0v) is 19.3. The van der Waals surface area contributed by atoms with Gasteiger partial charge in [0, 0.05) is 38.3 Å². The van der Waals surface area contributed by atoms with E-state index in [1.54, 1.807) is 7.11 Å². The van der Waals surface area contributed by atoms with Gasteiger partial charge in [-0.25, -0.2) is 0 Å². The highest BCUT2D eigenvalue weighted by Crippen LogP contribution is 2.32. The van der Waals surface area contributed by atoms with Crippen molar-refractivity contribution < 1.29 is 19.0 Å². The van der Waals surface area contributed by atoms with E-state index in [1.807, 2.05) is 24.3 Å². The number of ether oxygens (including phenoxy) is 3. The van der Waals surface area contributed by atoms with Crippen LogP contribution in [0.3, 0.4) is 0 Å². The third-order valence-electron chi connectivity index (χ3n) is 5.78. The summed E-state index contributed by atoms with van der Waals surface area (Å²) in [6.07, 6.45) is 2.90. The molecule has 3 rings (SSSR count). The van der Waals surface area contributed by atoms with E-state index < -0.39 is 0 Å². The Hall–Kier alpha value is -2.57. The van der Waals surface area contributed by atoms with E-state index in [0.29, 0.717) is 37.2 Å². The molecule has 0 bridgehead atoms. The standard InChI is InChI=1S/C26H36N2O4/c1-3-16-31-23-9-5-20(6-10-23)25-13-15-27-18-22(25)19-32-24-11-7-21(8-12-24)26(29)28-14-4-17-30-2/h5-12,22,25,27H,3-4,13-19H2,1-2H3,(H,28,29)/t22-,25-/m0/s1. The fraction of sp³-hybridized carbons (Fsp3) is 0.500. The Morgan fingerprint density at radius 2 is 1.75 bits per heavy atom. The Morgan fingerprint density at radius 3 is 2.47 bits per heavy atom. The average molecular weight is 441 g/mol. The summed E-state index contributed by atoms with van der Waals surface area (Å²) in [7, 11) is 1.66. The lowest BCUT2D eigenvalue weighted by Crippen LogP contribution is -2.38. The molecule has 1 amide bonds. The molecule has 174 valence electrons. The van der Waals surface area contributed by atoms with Crippen molar-refractivity contribution in [1.29, 1.82) is 0 Å². The number of methoxy groups -OCH3 is 1. The highest BCUT2D eigenvalue weighted by Gasteiger charge is 2.27. The number of amides is 1. The smallest absolute Gasteiger partial charge is 0.251 e. The van der Waals surface area contributed by atoms with Gasteiger partial charge in [0.25, 0.3) is 5.91 Å². The summed E-state index contributed by atoms with van der Waals surface area (Å²) in [6, 6.07) is 15.9. The van der Waals surface area contributed by atoms with Crippen LogP contribution in [0, 0.1) is 5.92 Å². The Labute approximate surface area is 191 Å². The van der Waals surface area contributed by atoms with Crippen LogP contribution in [0.5, 0.6) is 11.5 Å². The average Bonchev–Trinajstić information content (AvgIpc) is 2.85. The highest BCUT2D eigenvalue weighted by molar-refractivity contribution is 5.94. The predicted molar refractivity (Wildman–Crippen MR) is 127 cm³/mol. The zero-order chi connectivity index (χ0) is 22.6. The van der Waals surface area contributed by atoms with E-state index >= 15 is 0 Å². The Bertz CT molecular complexity index is 808. The first-order valence-corrected chi connectivity index (χ1v) is 11.6. The van der Waals surface area contributed by atoms with Crippen molar-refractivity contribution in [3.05, 3.63) is 59.7 Å². The molecule has 1 saturated heterocycles. The Morgan fingerprint density at radius 1 is 1.03 bits per heavy atom. The number of piperidine rings is 1. The highest BCUT2D eigenvalue weighted by atomic mass is 16.5. The molecule has 2 aromatic carbocycles. The molecule has 2 aromatic rings. The third-order valence-corrected chi connectivity index (χ3v) is 5.78. The number of hydrogen-bond acceptors (Lipinski definition) is 5. The van der Waals surface area contributed by atoms with Gasteiger partial charge in [-0.15, -0.1) is 0 Å². The van der Waals surface area contributed by atoms with Gasteiger partial charge in [-0.3, -0.25) is 4.79 Å². The predicted octanol–water partition coefficient (Wildman–Crippen LogP) is 4.01. The molecule has 2 N–H and O–H groups in total. The molecule has 0 aliphatic carbocycles. The van der Waals surface area contributed by atoms with Crippen LogP contribution in [0.1, 0.15) is 48.0 Å². The summed E-state index contributed by atoms with van der Waals surface area (Å²) in [4.78, 5) is 12.2. The maximum atomic E-state index is 12.2. The monoisotopic (exact) mass is 440 g/mol. The molecule has 0 spiro atoms. The molecular weight excluding hydrogens is 404 g/mol. The van der Waals surface area contributed by atoms with Crippen LogP contribution in [-0.4, -0.2) is 52.5 Å². The molecule has 0 aromatic heterocycles. The first-order valence-electron chi connectivity index (χ1n) is 11.6. The molecule has 2 atom stereocenters. The van der Waals surface area contributed by atoms with E-state index in [9.17, 15) is 4.79 Å². The van der Waals surface area contributed by atoms with Crippen LogP contribution in [-0.2, 0) is 4.74 Å². The molecule has 1 aliphatic heterocycles. The van der Waals surface area contributed by atoms with Crippen molar-refractivity contribution >= 4 is 5.91 Å². The number of nitrogens with one attached hydrogen (secondary N) is 2. The van der Waals surface area contributed by atoms with Crippen molar-refractivity contribution in [3.8, 4) is 11.5 Å². The van der Waals surface area contributed by atoms with Gasteiger partial charge in [0.15, 0.2) is 0 Å². The first kappa shape index (κ1) is 24.1. The van der Waals surface area contributed by atoms with Crippen LogP contribution >= 0.6 is 0 Å². The van der Waals surface area contributed by atoms with Crippen LogP contribution in [0.4, 0.5) is 0 Å². The van der Waals surface area contributed by atoms with Crippen LogP contribution < -0.4 is 20.1 Å². The van der Waals surface area contributed by atoms with Gasteiger partial charge in [0.2, 0.25) is 0 Å². The van der Waals surface area contributed by atoms with E-state index in [2.05, 4.69) is 41.8 Å². The lowest BCUT2D eigenvalue weighted by molar-refractivity contribution is 0.0948. The zero-order valence-electron chi connectivity index (χ0n) is 19.3. The lowest BCUT2D eigenvalue weighted by Gasteiger charge is -2.32. The summed E-state index contributed by atoms with van der Waals surface area (Å²) in [5.41, 5.74) is 1.97. The maximum absolute atomic E-state index is 12.2. The summed E-state index contributed by atoms with van der Waals surface area (Å²) < 4.78 is 16.8. The van der Waals surface area contributed by atoms with Gasteiger partial charge >= 0.3 is 0 Å². The van der Waals surface area contributed by atoms with Crippen molar-refractivity contribution in [2.24, 2.45) is 5.92 Å². The number of benzene rings is 2. The fourth-order valence-corrected chi connectivity index (χ4v) is 3.99. The summed E-state index contributed by atoms with van der Waals surface area (Å²) >= 11 is 0. The minimum absolute atomic E-state index is 0.0736. The van der Waals surface area contributed by atoms with Crippen molar-refractivity contribution in [2.75, 3.05) is 46.6 Å². The molecule has 32 heavy (non-hydrogen) atoms. The number of hydrogen-bond donors (Lipinski definition) is 2. The van der Waals surface area contributed by atoms with E-state index in [1.165, 1.54) is 5.56 Å². The minimum Gasteiger partial charge on any atom is -0.494 e. The molecule has 6 nitrogen and oxygen atoms in total. The quantitative estimate of drug-likeness (QED) is 0.488. The Kier molecular flexibility index (Phi) is 9.85. The van der Waals surface area contributed by atoms with Gasteiger partial charge in [-0.05, 0) is 73.7 Å². The van der Waals surface area contributed by atoms with Gasteiger partial charge in [-0.1, -0.05) is 19.1 Å². The van der Waals surface area contributed by atoms with Crippen LogP contribution in [0.25, 0.3) is 0 Å². The van der Waals surface area contributed by atoms with Gasteiger partial charge in [0.05, 0.1) is 13.2 Å². The molecule has 6 heteroatoms. The molecule has 1 aliphatic rings. The number of rotatable bonds is 12. The summed E-state index contributed by atoms with van der Waals surface area (Å²) in [5, 5.41) is 6.40. The molecule has 1 heterocycles. The summed E-state index contributed by atoms with van der Waals surface area (Å²) in [5.74, 6) is 2.48. The molecular formula is C26H36N2O4. The van der Waals surface area contributed by atoms with Gasteiger partial charge in [0.1, 0.15) is 11.5 Å². The molecule has 0 radical (unpaired) electrons. The normalized spacial score (nSPS) is 18.2. The Balaban J connectivity index is 1.52. The lowest BCUT2D eigenvalue weighted by atomic mass is 9.81. The summed E-state index contributed by atoms with van der Waals surface area (Å²) in [6.45, 7) is 6.68. The minimum atomic E-state index is -0.0736. The third kappa shape index (κ3) is 7.24. The SMILES string of the molecule is CCCOc1ccc([C@@H]2CCNC[C@H]2COc2ccc(C(=O)NCCCOC)cc2)cc1. The van der Waals surface area contributed by atoms with E-state index in [0.717, 1.165) is 50.5 Å². The van der Waals surface area contributed by atoms with E-state index in [4.69, 9.17) is 14.2 Å². The second-order valence-corrected chi connectivity index (χ2v) is 8.21. The van der Waals surface area contributed by atoms with Gasteiger partial charge < -0.3 is 24.8 Å². The molecule has 0 saturated carbocycles. The fourth-order valence-electron chi connectivity index (χ4n) is 3.99. The molecule has 0 unspecified atom stereocenters. The first-order chi connectivity index (χ1) is 15.7. The van der Waals surface area contributed by atoms with Crippen molar-refractivity contribution in [3.63, 3.8) is 0 Å². The van der Waals surface area contributed by atoms with Crippen molar-refractivity contribution in [2.45, 2.75) is 32.1 Å². The van der Waals surface area contributed by atoms with Crippen LogP contribution in [0.15, 0.2) is 48.5 Å². The second kappa shape index (κ2) is 13.1. The largest absolute Gasteiger partial charge is 0.494 e. The topological polar surface area (TPSA) is 68.8 Å². The molecule has 1 fully saturated rings. The van der Waals surface area contributed by atoms with E-state index in [-0.39, 0.29) is 5.91 Å². The van der Waals surface area contributed by atoms with Crippen molar-refractivity contribution in [1.82, 2.24) is 10.6 Å². The second-order valence-electron chi connectivity index (χ2n) is 8.21. The van der Waals surface area contributed by atoms with Gasteiger partial charge in [-0.2, -0.15) is 0 Å².